The molecule has 1 aromatic carbocycles. The Morgan fingerprint density at radius 1 is 1.27 bits per heavy atom. The van der Waals surface area contributed by atoms with Crippen molar-refractivity contribution in [1.82, 2.24) is 14.5 Å². The second-order valence-corrected chi connectivity index (χ2v) is 8.17. The van der Waals surface area contributed by atoms with Crippen LogP contribution in [0.4, 0.5) is 9.18 Å². The predicted octanol–water partition coefficient (Wildman–Crippen LogP) is 4.77. The average Bonchev–Trinajstić information content (AvgIpc) is 3.03. The van der Waals surface area contributed by atoms with Crippen molar-refractivity contribution in [2.75, 3.05) is 6.61 Å². The quantitative estimate of drug-likeness (QED) is 0.497. The van der Waals surface area contributed by atoms with E-state index >= 15 is 0 Å². The minimum atomic E-state index is -0.781. The lowest BCUT2D eigenvalue weighted by molar-refractivity contribution is 0.155. The fourth-order valence-electron chi connectivity index (χ4n) is 3.04. The molecule has 0 aliphatic carbocycles. The maximum Gasteiger partial charge on any atom is 0.404 e. The van der Waals surface area contributed by atoms with Crippen LogP contribution in [0.5, 0.6) is 0 Å². The molecule has 0 aliphatic rings. The first-order valence-corrected chi connectivity index (χ1v) is 10.6. The number of nitrogens with zero attached hydrogens (tertiary/aromatic N) is 3. The van der Waals surface area contributed by atoms with E-state index in [2.05, 4.69) is 23.4 Å². The van der Waals surface area contributed by atoms with Gasteiger partial charge in [-0.15, -0.1) is 0 Å². The number of ether oxygens (including phenoxy) is 1. The number of hydrogen-bond acceptors (Lipinski definition) is 5. The van der Waals surface area contributed by atoms with E-state index in [1.807, 2.05) is 24.3 Å². The summed E-state index contributed by atoms with van der Waals surface area (Å²) in [6, 6.07) is 12.3. The van der Waals surface area contributed by atoms with Crippen LogP contribution in [0.1, 0.15) is 43.4 Å². The van der Waals surface area contributed by atoms with E-state index < -0.39 is 6.09 Å². The zero-order valence-corrected chi connectivity index (χ0v) is 17.9. The maximum absolute atomic E-state index is 13.8. The molecule has 0 bridgehead atoms. The Kier molecular flexibility index (Phi) is 7.46. The number of rotatable bonds is 9. The van der Waals surface area contributed by atoms with Crippen molar-refractivity contribution in [2.45, 2.75) is 49.1 Å². The van der Waals surface area contributed by atoms with Gasteiger partial charge in [-0.1, -0.05) is 37.7 Å². The Bertz CT molecular complexity index is 992. The van der Waals surface area contributed by atoms with Crippen molar-refractivity contribution in [3.63, 3.8) is 0 Å². The fourth-order valence-corrected chi connectivity index (χ4v) is 4.25. The molecular formula is C22H25FN4O2S. The number of halogens is 1. The third-order valence-corrected chi connectivity index (χ3v) is 5.53. The van der Waals surface area contributed by atoms with Gasteiger partial charge in [0.1, 0.15) is 16.7 Å². The number of carbonyl (C=O) groups is 1. The Balaban J connectivity index is 1.96. The van der Waals surface area contributed by atoms with Gasteiger partial charge in [-0.2, -0.15) is 0 Å². The number of hydrogen-bond donors (Lipinski definition) is 1. The van der Waals surface area contributed by atoms with Crippen LogP contribution < -0.4 is 5.73 Å². The zero-order valence-electron chi connectivity index (χ0n) is 17.0. The number of carbonyl (C=O) groups excluding carboxylic acids is 1. The summed E-state index contributed by atoms with van der Waals surface area (Å²) >= 11 is 1.49. The van der Waals surface area contributed by atoms with Crippen molar-refractivity contribution in [2.24, 2.45) is 5.73 Å². The number of imidazole rings is 1. The molecule has 8 heteroatoms. The van der Waals surface area contributed by atoms with E-state index in [-0.39, 0.29) is 18.3 Å². The summed E-state index contributed by atoms with van der Waals surface area (Å²) in [5, 5.41) is 0.965. The number of nitrogens with two attached hydrogens (primary N) is 1. The van der Waals surface area contributed by atoms with Crippen molar-refractivity contribution in [3.05, 3.63) is 71.7 Å². The first-order chi connectivity index (χ1) is 14.4. The number of benzene rings is 1. The van der Waals surface area contributed by atoms with Gasteiger partial charge in [-0.25, -0.2) is 14.2 Å². The number of primary amides is 1. The van der Waals surface area contributed by atoms with Crippen molar-refractivity contribution in [1.29, 1.82) is 0 Å². The van der Waals surface area contributed by atoms with E-state index in [0.29, 0.717) is 19.4 Å². The highest BCUT2D eigenvalue weighted by Gasteiger charge is 2.21. The first-order valence-electron chi connectivity index (χ1n) is 9.79. The Hall–Kier alpha value is -2.87. The number of amides is 1. The highest BCUT2D eigenvalue weighted by atomic mass is 32.2. The van der Waals surface area contributed by atoms with E-state index in [4.69, 9.17) is 15.5 Å². The molecule has 0 atom stereocenters. The van der Waals surface area contributed by atoms with E-state index in [1.165, 1.54) is 23.9 Å². The Morgan fingerprint density at radius 2 is 2.10 bits per heavy atom. The molecule has 30 heavy (non-hydrogen) atoms. The molecule has 0 saturated heterocycles. The summed E-state index contributed by atoms with van der Waals surface area (Å²) in [4.78, 5) is 21.0. The molecule has 2 aromatic heterocycles. The van der Waals surface area contributed by atoms with Crippen molar-refractivity contribution in [3.8, 4) is 0 Å². The third-order valence-electron chi connectivity index (χ3n) is 4.42. The summed E-state index contributed by atoms with van der Waals surface area (Å²) in [7, 11) is 0. The highest BCUT2D eigenvalue weighted by Crippen LogP contribution is 2.35. The van der Waals surface area contributed by atoms with Crippen LogP contribution in [0.15, 0.2) is 58.6 Å². The monoisotopic (exact) mass is 428 g/mol. The summed E-state index contributed by atoms with van der Waals surface area (Å²) < 4.78 is 20.7. The smallest absolute Gasteiger partial charge is 0.404 e. The molecule has 0 unspecified atom stereocenters. The van der Waals surface area contributed by atoms with Crippen LogP contribution in [-0.4, -0.2) is 27.2 Å². The topological polar surface area (TPSA) is 83.0 Å². The normalized spacial score (nSPS) is 11.1. The summed E-state index contributed by atoms with van der Waals surface area (Å²) in [6.07, 6.45) is 2.19. The molecule has 2 heterocycles. The maximum atomic E-state index is 13.8. The molecule has 0 fully saturated rings. The van der Waals surface area contributed by atoms with E-state index in [1.54, 1.807) is 12.3 Å². The third kappa shape index (κ3) is 5.82. The average molecular weight is 429 g/mol. The van der Waals surface area contributed by atoms with Crippen LogP contribution in [0.25, 0.3) is 0 Å². The molecule has 1 amide bonds. The largest absolute Gasteiger partial charge is 0.450 e. The summed E-state index contributed by atoms with van der Waals surface area (Å²) in [5.41, 5.74) is 6.90. The van der Waals surface area contributed by atoms with Crippen molar-refractivity contribution < 1.29 is 13.9 Å². The minimum Gasteiger partial charge on any atom is -0.450 e. The lowest BCUT2D eigenvalue weighted by Gasteiger charge is -2.13. The Labute approximate surface area is 179 Å². The molecule has 0 spiro atoms. The number of aryl methyl sites for hydroxylation is 1. The molecule has 158 valence electrons. The highest BCUT2D eigenvalue weighted by molar-refractivity contribution is 7.99. The van der Waals surface area contributed by atoms with Gasteiger partial charge in [0.2, 0.25) is 0 Å². The zero-order chi connectivity index (χ0) is 21.5. The number of aromatic nitrogens is 3. The van der Waals surface area contributed by atoms with Gasteiger partial charge in [0, 0.05) is 17.5 Å². The first kappa shape index (κ1) is 21.8. The van der Waals surface area contributed by atoms with Gasteiger partial charge in [0.05, 0.1) is 24.5 Å². The molecule has 0 radical (unpaired) electrons. The standard InChI is InChI=1S/C22H25FN4O2S/c1-15(2)20-21(30-18-9-5-7-16(23)13-18)27(14-17-8-3-4-11-25-17)19(26-20)10-6-12-29-22(24)28/h3-5,7-9,11,13,15H,6,10,12,14H2,1-2H3,(H2,24,28). The van der Waals surface area contributed by atoms with Gasteiger partial charge in [-0.05, 0) is 42.7 Å². The second kappa shape index (κ2) is 10.2. The summed E-state index contributed by atoms with van der Waals surface area (Å²) in [5.74, 6) is 0.786. The lowest BCUT2D eigenvalue weighted by Crippen LogP contribution is -2.15. The van der Waals surface area contributed by atoms with Gasteiger partial charge in [-0.3, -0.25) is 4.98 Å². The molecular weight excluding hydrogens is 403 g/mol. The number of pyridine rings is 1. The molecule has 2 N–H and O–H groups in total. The van der Waals surface area contributed by atoms with Gasteiger partial charge in [0.25, 0.3) is 0 Å². The van der Waals surface area contributed by atoms with Crippen LogP contribution in [-0.2, 0) is 17.7 Å². The van der Waals surface area contributed by atoms with Crippen LogP contribution in [0.3, 0.4) is 0 Å². The van der Waals surface area contributed by atoms with E-state index in [9.17, 15) is 9.18 Å². The summed E-state index contributed by atoms with van der Waals surface area (Å²) in [6.45, 7) is 4.95. The lowest BCUT2D eigenvalue weighted by atomic mass is 10.1. The molecule has 3 rings (SSSR count). The van der Waals surface area contributed by atoms with Crippen LogP contribution in [0, 0.1) is 5.82 Å². The second-order valence-electron chi connectivity index (χ2n) is 7.11. The van der Waals surface area contributed by atoms with Gasteiger partial charge in [0.15, 0.2) is 0 Å². The molecule has 0 saturated carbocycles. The predicted molar refractivity (Wildman–Crippen MR) is 114 cm³/mol. The van der Waals surface area contributed by atoms with Crippen LogP contribution in [0.2, 0.25) is 0 Å². The van der Waals surface area contributed by atoms with Gasteiger partial charge >= 0.3 is 6.09 Å². The minimum absolute atomic E-state index is 0.187. The molecule has 0 aliphatic heterocycles. The fraction of sp³-hybridized carbons (Fsp3) is 0.318. The molecule has 3 aromatic rings. The van der Waals surface area contributed by atoms with E-state index in [0.717, 1.165) is 27.1 Å². The van der Waals surface area contributed by atoms with Crippen LogP contribution >= 0.6 is 11.8 Å². The molecule has 6 nitrogen and oxygen atoms in total. The van der Waals surface area contributed by atoms with Crippen molar-refractivity contribution >= 4 is 17.9 Å². The Morgan fingerprint density at radius 3 is 2.77 bits per heavy atom. The SMILES string of the molecule is CC(C)c1nc(CCCOC(N)=O)n(Cc2ccccn2)c1Sc1cccc(F)c1. The van der Waals surface area contributed by atoms with Gasteiger partial charge < -0.3 is 15.0 Å².